The molecule has 0 radical (unpaired) electrons. The van der Waals surface area contributed by atoms with Gasteiger partial charge in [0.2, 0.25) is 0 Å². The summed E-state index contributed by atoms with van der Waals surface area (Å²) in [6, 6.07) is 3.99. The van der Waals surface area contributed by atoms with E-state index in [1.54, 1.807) is 7.11 Å². The smallest absolute Gasteiger partial charge is 0.323 e. The van der Waals surface area contributed by atoms with Gasteiger partial charge in [0.15, 0.2) is 11.5 Å². The summed E-state index contributed by atoms with van der Waals surface area (Å²) in [5, 5.41) is 0. The average molecular weight is 459 g/mol. The molecule has 33 heavy (non-hydrogen) atoms. The van der Waals surface area contributed by atoms with Crippen molar-refractivity contribution in [3.63, 3.8) is 0 Å². The van der Waals surface area contributed by atoms with E-state index in [-0.39, 0.29) is 24.0 Å². The summed E-state index contributed by atoms with van der Waals surface area (Å²) in [6.07, 6.45) is 5.26. The molecule has 2 fully saturated rings. The highest BCUT2D eigenvalue weighted by Gasteiger charge is 2.42. The van der Waals surface area contributed by atoms with Crippen molar-refractivity contribution < 1.29 is 19.0 Å². The van der Waals surface area contributed by atoms with Crippen molar-refractivity contribution in [3.8, 4) is 11.5 Å². The van der Waals surface area contributed by atoms with E-state index < -0.39 is 6.04 Å². The summed E-state index contributed by atoms with van der Waals surface area (Å²) in [7, 11) is 1.71. The number of carbonyl (C=O) groups excluding carboxylic acids is 1. The predicted molar refractivity (Wildman–Crippen MR) is 129 cm³/mol. The van der Waals surface area contributed by atoms with Crippen molar-refractivity contribution in [2.75, 3.05) is 26.8 Å². The van der Waals surface area contributed by atoms with Crippen molar-refractivity contribution in [1.82, 2.24) is 4.90 Å². The molecule has 2 aliphatic heterocycles. The number of piperidine rings is 1. The first-order valence-corrected chi connectivity index (χ1v) is 12.8. The summed E-state index contributed by atoms with van der Waals surface area (Å²) in [6.45, 7) is 11.1. The third-order valence-corrected chi connectivity index (χ3v) is 7.55. The second-order valence-electron chi connectivity index (χ2n) is 11.1. The van der Waals surface area contributed by atoms with Crippen LogP contribution in [0.15, 0.2) is 12.1 Å². The van der Waals surface area contributed by atoms with Crippen LogP contribution in [-0.4, -0.2) is 49.8 Å². The minimum Gasteiger partial charge on any atom is -0.493 e. The molecule has 3 unspecified atom stereocenters. The summed E-state index contributed by atoms with van der Waals surface area (Å²) in [4.78, 5) is 15.3. The average Bonchev–Trinajstić information content (AvgIpc) is 3.60. The van der Waals surface area contributed by atoms with E-state index in [0.717, 1.165) is 50.5 Å². The standard InChI is InChI=1S/C27H42N2O4/c1-16(2)10-20-14-29-9-8-19-11-25(32-15-18-6-7-18)24(31-5)12-21(19)22(29)13-23(20)33-27(30)26(28)17(3)4/h11-12,16-18,20,22-23,26H,6-10,13-15,28H2,1-5H3/t20?,22?,23?,26-/m0/s1. The molecule has 1 saturated heterocycles. The molecule has 3 aliphatic rings. The first-order chi connectivity index (χ1) is 15.8. The van der Waals surface area contributed by atoms with E-state index in [1.807, 2.05) is 13.8 Å². The number of methoxy groups -OCH3 is 1. The fourth-order valence-electron chi connectivity index (χ4n) is 5.33. The molecule has 2 heterocycles. The number of nitrogens with zero attached hydrogens (tertiary/aromatic N) is 1. The van der Waals surface area contributed by atoms with Crippen LogP contribution in [0.5, 0.6) is 11.5 Å². The largest absolute Gasteiger partial charge is 0.493 e. The molecule has 0 bridgehead atoms. The van der Waals surface area contributed by atoms with Gasteiger partial charge in [-0.15, -0.1) is 0 Å². The molecule has 2 N–H and O–H groups in total. The first kappa shape index (κ1) is 24.3. The van der Waals surface area contributed by atoms with Gasteiger partial charge in [0.05, 0.1) is 13.7 Å². The molecule has 0 spiro atoms. The maximum atomic E-state index is 12.8. The van der Waals surface area contributed by atoms with E-state index in [9.17, 15) is 4.79 Å². The Morgan fingerprint density at radius 3 is 2.58 bits per heavy atom. The Bertz CT molecular complexity index is 836. The van der Waals surface area contributed by atoms with Crippen LogP contribution in [0.3, 0.4) is 0 Å². The maximum absolute atomic E-state index is 12.8. The molecule has 0 amide bonds. The number of hydrogen-bond acceptors (Lipinski definition) is 6. The van der Waals surface area contributed by atoms with Crippen molar-refractivity contribution in [1.29, 1.82) is 0 Å². The highest BCUT2D eigenvalue weighted by atomic mass is 16.5. The van der Waals surface area contributed by atoms with Crippen LogP contribution in [-0.2, 0) is 16.0 Å². The van der Waals surface area contributed by atoms with Gasteiger partial charge in [-0.1, -0.05) is 27.7 Å². The number of hydrogen-bond donors (Lipinski definition) is 1. The molecule has 6 heteroatoms. The zero-order valence-electron chi connectivity index (χ0n) is 21.0. The van der Waals surface area contributed by atoms with E-state index in [2.05, 4.69) is 30.9 Å². The van der Waals surface area contributed by atoms with E-state index in [0.29, 0.717) is 17.8 Å². The highest BCUT2D eigenvalue weighted by Crippen LogP contribution is 2.45. The van der Waals surface area contributed by atoms with E-state index in [4.69, 9.17) is 19.9 Å². The van der Waals surface area contributed by atoms with Gasteiger partial charge in [0.25, 0.3) is 0 Å². The predicted octanol–water partition coefficient (Wildman–Crippen LogP) is 4.34. The van der Waals surface area contributed by atoms with Gasteiger partial charge < -0.3 is 19.9 Å². The summed E-state index contributed by atoms with van der Waals surface area (Å²) in [5.41, 5.74) is 8.74. The fraction of sp³-hybridized carbons (Fsp3) is 0.741. The molecule has 4 atom stereocenters. The monoisotopic (exact) mass is 458 g/mol. The summed E-state index contributed by atoms with van der Waals surface area (Å²) in [5.74, 6) is 3.03. The Kier molecular flexibility index (Phi) is 7.54. The lowest BCUT2D eigenvalue weighted by Gasteiger charge is -2.47. The molecule has 4 rings (SSSR count). The minimum atomic E-state index is -0.576. The number of esters is 1. The molecule has 1 saturated carbocycles. The Morgan fingerprint density at radius 2 is 1.94 bits per heavy atom. The lowest BCUT2D eigenvalue weighted by atomic mass is 9.79. The normalized spacial score (nSPS) is 26.0. The zero-order chi connectivity index (χ0) is 23.7. The van der Waals surface area contributed by atoms with Gasteiger partial charge in [0.1, 0.15) is 12.1 Å². The van der Waals surface area contributed by atoms with Crippen LogP contribution < -0.4 is 15.2 Å². The number of fused-ring (bicyclic) bond motifs is 3. The molecule has 184 valence electrons. The number of rotatable bonds is 9. The van der Waals surface area contributed by atoms with Gasteiger partial charge in [-0.25, -0.2) is 0 Å². The van der Waals surface area contributed by atoms with Crippen LogP contribution in [0, 0.1) is 23.7 Å². The van der Waals surface area contributed by atoms with E-state index >= 15 is 0 Å². The first-order valence-electron chi connectivity index (χ1n) is 12.8. The van der Waals surface area contributed by atoms with Crippen molar-refractivity contribution in [2.24, 2.45) is 29.4 Å². The lowest BCUT2D eigenvalue weighted by Crippen LogP contribution is -2.51. The summed E-state index contributed by atoms with van der Waals surface area (Å²) >= 11 is 0. The number of benzene rings is 1. The van der Waals surface area contributed by atoms with E-state index in [1.165, 1.54) is 24.0 Å². The van der Waals surface area contributed by atoms with Crippen LogP contribution in [0.25, 0.3) is 0 Å². The van der Waals surface area contributed by atoms with Crippen LogP contribution >= 0.6 is 0 Å². The van der Waals surface area contributed by atoms with Gasteiger partial charge in [-0.2, -0.15) is 0 Å². The molecule has 1 aromatic rings. The SMILES string of the molecule is COc1cc2c(cc1OCC1CC1)CCN1CC(CC(C)C)C(OC(=O)[C@@H](N)C(C)C)CC21. The number of nitrogens with two attached hydrogens (primary N) is 1. The molecular formula is C27H42N2O4. The number of ether oxygens (including phenoxy) is 3. The van der Waals surface area contributed by atoms with Gasteiger partial charge in [0, 0.05) is 31.5 Å². The topological polar surface area (TPSA) is 74.0 Å². The quantitative estimate of drug-likeness (QED) is 0.555. The van der Waals surface area contributed by atoms with Crippen molar-refractivity contribution in [2.45, 2.75) is 78.0 Å². The van der Waals surface area contributed by atoms with Crippen LogP contribution in [0.4, 0.5) is 0 Å². The van der Waals surface area contributed by atoms with Crippen LogP contribution in [0.2, 0.25) is 0 Å². The Labute approximate surface area is 199 Å². The summed E-state index contributed by atoms with van der Waals surface area (Å²) < 4.78 is 17.9. The zero-order valence-corrected chi connectivity index (χ0v) is 21.0. The molecule has 1 aromatic carbocycles. The van der Waals surface area contributed by atoms with Gasteiger partial charge in [-0.3, -0.25) is 9.69 Å². The van der Waals surface area contributed by atoms with Gasteiger partial charge >= 0.3 is 5.97 Å². The Morgan fingerprint density at radius 1 is 1.18 bits per heavy atom. The van der Waals surface area contributed by atoms with Crippen LogP contribution in [0.1, 0.15) is 70.5 Å². The minimum absolute atomic E-state index is 0.0647. The van der Waals surface area contributed by atoms with Crippen molar-refractivity contribution in [3.05, 3.63) is 23.3 Å². The third-order valence-electron chi connectivity index (χ3n) is 7.55. The second-order valence-corrected chi connectivity index (χ2v) is 11.1. The molecule has 0 aromatic heterocycles. The molecule has 1 aliphatic carbocycles. The van der Waals surface area contributed by atoms with Gasteiger partial charge in [-0.05, 0) is 66.7 Å². The second kappa shape index (κ2) is 10.2. The third kappa shape index (κ3) is 5.65. The van der Waals surface area contributed by atoms with Crippen molar-refractivity contribution >= 4 is 5.97 Å². The Balaban J connectivity index is 1.56. The lowest BCUT2D eigenvalue weighted by molar-refractivity contribution is -0.160. The Hall–Kier alpha value is -1.79. The molecular weight excluding hydrogens is 416 g/mol. The number of carbonyl (C=O) groups is 1. The fourth-order valence-corrected chi connectivity index (χ4v) is 5.33. The maximum Gasteiger partial charge on any atom is 0.323 e. The highest BCUT2D eigenvalue weighted by molar-refractivity contribution is 5.76. The molecule has 6 nitrogen and oxygen atoms in total.